The summed E-state index contributed by atoms with van der Waals surface area (Å²) in [6.07, 6.45) is 4.34. The first-order chi connectivity index (χ1) is 14.9. The van der Waals surface area contributed by atoms with E-state index in [0.29, 0.717) is 35.0 Å². The largest absolute Gasteiger partial charge is 0.330 e. The van der Waals surface area contributed by atoms with Crippen molar-refractivity contribution in [3.05, 3.63) is 99.3 Å². The van der Waals surface area contributed by atoms with Crippen LogP contribution in [0.3, 0.4) is 0 Å². The van der Waals surface area contributed by atoms with Gasteiger partial charge in [0.05, 0.1) is 16.1 Å². The van der Waals surface area contributed by atoms with Crippen LogP contribution in [0.25, 0.3) is 0 Å². The Morgan fingerprint density at radius 3 is 2.48 bits per heavy atom. The average Bonchev–Trinajstić information content (AvgIpc) is 2.75. The van der Waals surface area contributed by atoms with Crippen LogP contribution in [0.1, 0.15) is 40.4 Å². The molecule has 0 unspecified atom stereocenters. The van der Waals surface area contributed by atoms with E-state index in [2.05, 4.69) is 4.98 Å². The zero-order valence-electron chi connectivity index (χ0n) is 16.6. The molecule has 1 aromatic heterocycles. The van der Waals surface area contributed by atoms with Gasteiger partial charge in [0.2, 0.25) is 0 Å². The van der Waals surface area contributed by atoms with Gasteiger partial charge >= 0.3 is 0 Å². The number of halogens is 4. The maximum absolute atomic E-state index is 13.8. The number of aromatic nitrogens is 1. The van der Waals surface area contributed by atoms with Crippen molar-refractivity contribution in [3.8, 4) is 0 Å². The van der Waals surface area contributed by atoms with E-state index >= 15 is 0 Å². The Morgan fingerprint density at radius 2 is 1.84 bits per heavy atom. The molecular weight excluding hydrogens is 443 g/mol. The van der Waals surface area contributed by atoms with E-state index in [4.69, 9.17) is 28.9 Å². The van der Waals surface area contributed by atoms with Gasteiger partial charge < -0.3 is 10.6 Å². The monoisotopic (exact) mass is 463 g/mol. The number of rotatable bonds is 8. The van der Waals surface area contributed by atoms with Crippen molar-refractivity contribution in [1.82, 2.24) is 9.88 Å². The molecule has 0 saturated heterocycles. The molecule has 0 aliphatic carbocycles. The maximum Gasteiger partial charge on any atom is 0.254 e. The van der Waals surface area contributed by atoms with Crippen molar-refractivity contribution in [2.45, 2.75) is 25.4 Å². The molecule has 0 bridgehead atoms. The van der Waals surface area contributed by atoms with Gasteiger partial charge in [-0.1, -0.05) is 41.4 Å². The van der Waals surface area contributed by atoms with Crippen molar-refractivity contribution >= 4 is 29.1 Å². The molecule has 162 valence electrons. The SMILES string of the molecule is NCCC[C@H](c1cccc(Cl)c1Cl)N(Cc1cccnc1)C(=O)c1cc(F)cc(F)c1. The first kappa shape index (κ1) is 23.1. The van der Waals surface area contributed by atoms with E-state index in [1.54, 1.807) is 36.7 Å². The lowest BCUT2D eigenvalue weighted by Gasteiger charge is -2.33. The lowest BCUT2D eigenvalue weighted by molar-refractivity contribution is 0.0645. The van der Waals surface area contributed by atoms with Crippen molar-refractivity contribution in [1.29, 1.82) is 0 Å². The Labute approximate surface area is 189 Å². The summed E-state index contributed by atoms with van der Waals surface area (Å²) in [6.45, 7) is 0.557. The fourth-order valence-corrected chi connectivity index (χ4v) is 3.86. The van der Waals surface area contributed by atoms with Crippen LogP contribution >= 0.6 is 23.2 Å². The molecule has 31 heavy (non-hydrogen) atoms. The average molecular weight is 464 g/mol. The third kappa shape index (κ3) is 5.79. The van der Waals surface area contributed by atoms with Crippen LogP contribution in [0.15, 0.2) is 60.9 Å². The molecule has 1 atom stereocenters. The molecule has 8 heteroatoms. The summed E-state index contributed by atoms with van der Waals surface area (Å²) in [6, 6.07) is 11.0. The third-order valence-corrected chi connectivity index (χ3v) is 5.68. The van der Waals surface area contributed by atoms with Crippen LogP contribution < -0.4 is 5.73 Å². The zero-order valence-corrected chi connectivity index (χ0v) is 18.1. The quantitative estimate of drug-likeness (QED) is 0.459. The molecule has 4 nitrogen and oxygen atoms in total. The lowest BCUT2D eigenvalue weighted by atomic mass is 9.98. The van der Waals surface area contributed by atoms with Crippen molar-refractivity contribution in [2.75, 3.05) is 6.54 Å². The van der Waals surface area contributed by atoms with E-state index in [-0.39, 0.29) is 12.1 Å². The molecule has 0 spiro atoms. The summed E-state index contributed by atoms with van der Waals surface area (Å²) in [5.74, 6) is -2.20. The van der Waals surface area contributed by atoms with Crippen LogP contribution in [0, 0.1) is 11.6 Å². The summed E-state index contributed by atoms with van der Waals surface area (Å²) in [7, 11) is 0. The normalized spacial score (nSPS) is 11.9. The fraction of sp³-hybridized carbons (Fsp3) is 0.217. The third-order valence-electron chi connectivity index (χ3n) is 4.84. The van der Waals surface area contributed by atoms with Gasteiger partial charge in [-0.15, -0.1) is 0 Å². The molecule has 0 radical (unpaired) electrons. The molecule has 3 rings (SSSR count). The minimum atomic E-state index is -0.830. The molecule has 0 fully saturated rings. The Balaban J connectivity index is 2.10. The van der Waals surface area contributed by atoms with Gasteiger partial charge in [-0.25, -0.2) is 8.78 Å². The van der Waals surface area contributed by atoms with Gasteiger partial charge in [-0.2, -0.15) is 0 Å². The van der Waals surface area contributed by atoms with Crippen molar-refractivity contribution in [3.63, 3.8) is 0 Å². The Morgan fingerprint density at radius 1 is 1.10 bits per heavy atom. The molecule has 1 amide bonds. The molecule has 2 N–H and O–H groups in total. The van der Waals surface area contributed by atoms with Crippen LogP contribution in [-0.4, -0.2) is 22.3 Å². The van der Waals surface area contributed by atoms with E-state index < -0.39 is 23.6 Å². The van der Waals surface area contributed by atoms with Gasteiger partial charge in [0.15, 0.2) is 0 Å². The van der Waals surface area contributed by atoms with E-state index in [1.807, 2.05) is 6.07 Å². The second-order valence-corrected chi connectivity index (χ2v) is 7.83. The van der Waals surface area contributed by atoms with Crippen LogP contribution in [0.2, 0.25) is 10.0 Å². The highest BCUT2D eigenvalue weighted by Gasteiger charge is 2.29. The summed E-state index contributed by atoms with van der Waals surface area (Å²) in [5, 5.41) is 0.670. The van der Waals surface area contributed by atoms with Gasteiger partial charge in [-0.05, 0) is 54.8 Å². The summed E-state index contributed by atoms with van der Waals surface area (Å²) in [4.78, 5) is 19.1. The minimum absolute atomic E-state index is 0.0997. The molecule has 0 aliphatic rings. The fourth-order valence-electron chi connectivity index (χ4n) is 3.42. The number of amides is 1. The van der Waals surface area contributed by atoms with Gasteiger partial charge in [0, 0.05) is 30.6 Å². The summed E-state index contributed by atoms with van der Waals surface area (Å²) in [5.41, 5.74) is 7.02. The Kier molecular flexibility index (Phi) is 7.96. The van der Waals surface area contributed by atoms with E-state index in [9.17, 15) is 13.6 Å². The number of nitrogens with two attached hydrogens (primary N) is 1. The topological polar surface area (TPSA) is 59.2 Å². The van der Waals surface area contributed by atoms with Gasteiger partial charge in [0.25, 0.3) is 5.91 Å². The molecule has 3 aromatic rings. The predicted octanol–water partition coefficient (Wildman–Crippen LogP) is 5.79. The van der Waals surface area contributed by atoms with Crippen molar-refractivity contribution in [2.24, 2.45) is 5.73 Å². The molecule has 1 heterocycles. The molecule has 0 aliphatic heterocycles. The number of hydrogen-bond donors (Lipinski definition) is 1. The first-order valence-corrected chi connectivity index (χ1v) is 10.5. The molecule has 0 saturated carbocycles. The molecule has 2 aromatic carbocycles. The Bertz CT molecular complexity index is 1030. The second-order valence-electron chi connectivity index (χ2n) is 7.04. The Hall–Kier alpha value is -2.54. The minimum Gasteiger partial charge on any atom is -0.330 e. The van der Waals surface area contributed by atoms with Crippen LogP contribution in [0.5, 0.6) is 0 Å². The number of carbonyl (C=O) groups is 1. The van der Waals surface area contributed by atoms with E-state index in [0.717, 1.165) is 23.8 Å². The van der Waals surface area contributed by atoms with Gasteiger partial charge in [0.1, 0.15) is 11.6 Å². The van der Waals surface area contributed by atoms with Gasteiger partial charge in [-0.3, -0.25) is 9.78 Å². The highest BCUT2D eigenvalue weighted by molar-refractivity contribution is 6.42. The smallest absolute Gasteiger partial charge is 0.254 e. The first-order valence-electron chi connectivity index (χ1n) is 9.70. The number of nitrogens with zero attached hydrogens (tertiary/aromatic N) is 2. The summed E-state index contributed by atoms with van der Waals surface area (Å²) >= 11 is 12.7. The number of hydrogen-bond acceptors (Lipinski definition) is 3. The number of carbonyl (C=O) groups excluding carboxylic acids is 1. The zero-order chi connectivity index (χ0) is 22.4. The highest BCUT2D eigenvalue weighted by atomic mass is 35.5. The maximum atomic E-state index is 13.8. The number of pyridine rings is 1. The van der Waals surface area contributed by atoms with Crippen LogP contribution in [-0.2, 0) is 6.54 Å². The van der Waals surface area contributed by atoms with Crippen LogP contribution in [0.4, 0.5) is 8.78 Å². The lowest BCUT2D eigenvalue weighted by Crippen LogP contribution is -2.35. The summed E-state index contributed by atoms with van der Waals surface area (Å²) < 4.78 is 27.7. The number of benzene rings is 2. The predicted molar refractivity (Wildman–Crippen MR) is 118 cm³/mol. The standard InChI is InChI=1S/C23H21Cl2F2N3O/c24-20-6-1-5-19(22(20)25)21(7-2-8-28)30(14-15-4-3-9-29-13-15)23(31)16-10-17(26)12-18(27)11-16/h1,3-6,9-13,21H,2,7-8,14,28H2/t21-/m1/s1. The highest BCUT2D eigenvalue weighted by Crippen LogP contribution is 2.37. The van der Waals surface area contributed by atoms with Crippen molar-refractivity contribution < 1.29 is 13.6 Å². The molecular formula is C23H21Cl2F2N3O. The second kappa shape index (κ2) is 10.7. The van der Waals surface area contributed by atoms with E-state index in [1.165, 1.54) is 4.90 Å².